The van der Waals surface area contributed by atoms with Crippen molar-refractivity contribution in [3.05, 3.63) is 0 Å². The summed E-state index contributed by atoms with van der Waals surface area (Å²) in [5.74, 6) is 0.936. The molecule has 1 saturated carbocycles. The lowest BCUT2D eigenvalue weighted by Crippen LogP contribution is -2.15. The highest BCUT2D eigenvalue weighted by molar-refractivity contribution is 6.27. The van der Waals surface area contributed by atoms with Crippen LogP contribution in [0.5, 0.6) is 0 Å². The molecule has 3 heteroatoms. The molecule has 0 N–H and O–H groups in total. The third kappa shape index (κ3) is 1.83. The van der Waals surface area contributed by atoms with Crippen LogP contribution in [0, 0.1) is 5.92 Å². The van der Waals surface area contributed by atoms with Crippen molar-refractivity contribution in [3.8, 4) is 0 Å². The molecule has 2 rings (SSSR count). The summed E-state index contributed by atoms with van der Waals surface area (Å²) in [7, 11) is 1.66. The summed E-state index contributed by atoms with van der Waals surface area (Å²) in [4.78, 5) is 0. The third-order valence-corrected chi connectivity index (χ3v) is 4.30. The average molecular weight is 172 g/mol. The van der Waals surface area contributed by atoms with Crippen LogP contribution in [0.3, 0.4) is 0 Å². The number of epoxide rings is 1. The maximum atomic E-state index is 5.46. The predicted molar refractivity (Wildman–Crippen MR) is 46.4 cm³/mol. The summed E-state index contributed by atoms with van der Waals surface area (Å²) in [5, 5.41) is 0. The lowest BCUT2D eigenvalue weighted by Gasteiger charge is -2.17. The summed E-state index contributed by atoms with van der Waals surface area (Å²) in [5.41, 5.74) is 0. The van der Waals surface area contributed by atoms with Gasteiger partial charge < -0.3 is 9.16 Å². The van der Waals surface area contributed by atoms with Gasteiger partial charge in [0.15, 0.2) is 9.76 Å². The topological polar surface area (TPSA) is 21.8 Å². The zero-order valence-corrected chi connectivity index (χ0v) is 8.50. The zero-order valence-electron chi connectivity index (χ0n) is 7.08. The van der Waals surface area contributed by atoms with Gasteiger partial charge in [0, 0.05) is 7.11 Å². The van der Waals surface area contributed by atoms with Gasteiger partial charge >= 0.3 is 0 Å². The summed E-state index contributed by atoms with van der Waals surface area (Å²) in [6.45, 7) is 0. The number of fused-ring (bicyclic) bond motifs is 1. The van der Waals surface area contributed by atoms with Gasteiger partial charge in [0.1, 0.15) is 0 Å². The average Bonchev–Trinajstić information content (AvgIpc) is 2.78. The van der Waals surface area contributed by atoms with E-state index in [9.17, 15) is 0 Å². The molecular formula is C8H16O2Si. The van der Waals surface area contributed by atoms with Crippen LogP contribution in [0.15, 0.2) is 0 Å². The van der Waals surface area contributed by atoms with Crippen molar-refractivity contribution in [3.63, 3.8) is 0 Å². The van der Waals surface area contributed by atoms with Gasteiger partial charge in [0.2, 0.25) is 0 Å². The first-order valence-electron chi connectivity index (χ1n) is 4.54. The molecule has 0 bridgehead atoms. The molecule has 1 aliphatic carbocycles. The zero-order chi connectivity index (χ0) is 7.68. The minimum Gasteiger partial charge on any atom is -0.427 e. The minimum atomic E-state index is -0.183. The molecular weight excluding hydrogens is 156 g/mol. The summed E-state index contributed by atoms with van der Waals surface area (Å²) in [6.07, 6.45) is 5.33. The molecule has 3 atom stereocenters. The second-order valence-corrected chi connectivity index (χ2v) is 5.24. The maximum Gasteiger partial charge on any atom is 0.161 e. The van der Waals surface area contributed by atoms with E-state index in [1.165, 1.54) is 25.3 Å². The Labute approximate surface area is 70.2 Å². The Morgan fingerprint density at radius 2 is 2.36 bits per heavy atom. The van der Waals surface area contributed by atoms with E-state index in [2.05, 4.69) is 0 Å². The van der Waals surface area contributed by atoms with Crippen molar-refractivity contribution in [2.75, 3.05) is 7.11 Å². The summed E-state index contributed by atoms with van der Waals surface area (Å²) in [6, 6.07) is 1.36. The van der Waals surface area contributed by atoms with E-state index in [4.69, 9.17) is 9.16 Å². The molecule has 0 aromatic carbocycles. The molecule has 11 heavy (non-hydrogen) atoms. The van der Waals surface area contributed by atoms with Crippen molar-refractivity contribution in [2.45, 2.75) is 37.5 Å². The van der Waals surface area contributed by atoms with Gasteiger partial charge in [0.25, 0.3) is 0 Å². The van der Waals surface area contributed by atoms with Crippen molar-refractivity contribution in [2.24, 2.45) is 5.92 Å². The first-order valence-corrected chi connectivity index (χ1v) is 6.12. The molecule has 1 saturated heterocycles. The van der Waals surface area contributed by atoms with Crippen molar-refractivity contribution in [1.82, 2.24) is 0 Å². The van der Waals surface area contributed by atoms with Crippen molar-refractivity contribution >= 4 is 9.76 Å². The number of rotatable bonds is 3. The van der Waals surface area contributed by atoms with E-state index in [1.54, 1.807) is 0 Å². The van der Waals surface area contributed by atoms with E-state index in [0.29, 0.717) is 12.2 Å². The summed E-state index contributed by atoms with van der Waals surface area (Å²) < 4.78 is 10.7. The standard InChI is InChI=1S/C8H16O2Si/c1-9-11-5-6-2-3-7-8(4-6)10-7/h6-8H,2-5,11H2,1H3. The fourth-order valence-electron chi connectivity index (χ4n) is 2.03. The van der Waals surface area contributed by atoms with Gasteiger partial charge in [-0.3, -0.25) is 0 Å². The number of hydrogen-bond acceptors (Lipinski definition) is 2. The fourth-order valence-corrected chi connectivity index (χ4v) is 3.13. The van der Waals surface area contributed by atoms with Crippen LogP contribution in [0.1, 0.15) is 19.3 Å². The van der Waals surface area contributed by atoms with Crippen LogP contribution in [0.4, 0.5) is 0 Å². The van der Waals surface area contributed by atoms with Gasteiger partial charge in [-0.05, 0) is 31.2 Å². The highest BCUT2D eigenvalue weighted by Crippen LogP contribution is 2.40. The lowest BCUT2D eigenvalue weighted by atomic mass is 9.91. The first-order chi connectivity index (χ1) is 5.40. The maximum absolute atomic E-state index is 5.46. The molecule has 0 amide bonds. The van der Waals surface area contributed by atoms with Crippen LogP contribution in [0.2, 0.25) is 6.04 Å². The Kier molecular flexibility index (Phi) is 2.30. The van der Waals surface area contributed by atoms with Crippen LogP contribution < -0.4 is 0 Å². The largest absolute Gasteiger partial charge is 0.427 e. The van der Waals surface area contributed by atoms with E-state index in [0.717, 1.165) is 5.92 Å². The fraction of sp³-hybridized carbons (Fsp3) is 1.00. The van der Waals surface area contributed by atoms with Gasteiger partial charge in [-0.25, -0.2) is 0 Å². The molecule has 0 aromatic rings. The molecule has 2 aliphatic rings. The summed E-state index contributed by atoms with van der Waals surface area (Å²) >= 11 is 0. The van der Waals surface area contributed by atoms with Crippen LogP contribution in [-0.2, 0) is 9.16 Å². The first kappa shape index (κ1) is 7.77. The van der Waals surface area contributed by atoms with Gasteiger partial charge in [0.05, 0.1) is 12.2 Å². The smallest absolute Gasteiger partial charge is 0.161 e. The predicted octanol–water partition coefficient (Wildman–Crippen LogP) is 0.702. The Hall–Kier alpha value is 0.137. The Morgan fingerprint density at radius 1 is 1.45 bits per heavy atom. The lowest BCUT2D eigenvalue weighted by molar-refractivity contribution is 0.363. The van der Waals surface area contributed by atoms with E-state index in [-0.39, 0.29) is 9.76 Å². The van der Waals surface area contributed by atoms with Crippen LogP contribution in [0.25, 0.3) is 0 Å². The minimum absolute atomic E-state index is 0.183. The molecule has 64 valence electrons. The molecule has 3 unspecified atom stereocenters. The molecule has 1 heterocycles. The van der Waals surface area contributed by atoms with Crippen molar-refractivity contribution < 1.29 is 9.16 Å². The monoisotopic (exact) mass is 172 g/mol. The van der Waals surface area contributed by atoms with E-state index in [1.807, 2.05) is 7.11 Å². The van der Waals surface area contributed by atoms with Crippen LogP contribution in [-0.4, -0.2) is 29.1 Å². The van der Waals surface area contributed by atoms with Crippen molar-refractivity contribution in [1.29, 1.82) is 0 Å². The van der Waals surface area contributed by atoms with Gasteiger partial charge in [-0.2, -0.15) is 0 Å². The van der Waals surface area contributed by atoms with E-state index < -0.39 is 0 Å². The SMILES string of the molecule is CO[SiH2]CC1CCC2OC2C1. The number of hydrogen-bond donors (Lipinski definition) is 0. The Bertz CT molecular complexity index is 140. The quantitative estimate of drug-likeness (QED) is 0.462. The molecule has 0 spiro atoms. The highest BCUT2D eigenvalue weighted by Gasteiger charge is 2.43. The highest BCUT2D eigenvalue weighted by atomic mass is 28.2. The molecule has 1 aliphatic heterocycles. The van der Waals surface area contributed by atoms with Gasteiger partial charge in [-0.1, -0.05) is 0 Å². The number of ether oxygens (including phenoxy) is 1. The van der Waals surface area contributed by atoms with Crippen LogP contribution >= 0.6 is 0 Å². The molecule has 2 fully saturated rings. The molecule has 2 nitrogen and oxygen atoms in total. The van der Waals surface area contributed by atoms with E-state index >= 15 is 0 Å². The second-order valence-electron chi connectivity index (χ2n) is 3.67. The third-order valence-electron chi connectivity index (χ3n) is 2.84. The molecule has 0 radical (unpaired) electrons. The Balaban J connectivity index is 1.68. The van der Waals surface area contributed by atoms with Gasteiger partial charge in [-0.15, -0.1) is 0 Å². The normalized spacial score (nSPS) is 42.8. The second kappa shape index (κ2) is 3.25. The molecule has 0 aromatic heterocycles. The Morgan fingerprint density at radius 3 is 3.09 bits per heavy atom.